The van der Waals surface area contributed by atoms with Gasteiger partial charge in [0, 0.05) is 29.7 Å². The van der Waals surface area contributed by atoms with Gasteiger partial charge in [0.15, 0.2) is 5.96 Å². The summed E-state index contributed by atoms with van der Waals surface area (Å²) in [7, 11) is 0. The number of carboxylic acids is 1. The molecule has 3 rings (SSSR count). The van der Waals surface area contributed by atoms with Crippen molar-refractivity contribution in [3.8, 4) is 22.3 Å². The molecule has 170 valence electrons. The molecule has 0 aliphatic heterocycles. The zero-order valence-corrected chi connectivity index (χ0v) is 17.5. The first-order chi connectivity index (χ1) is 15.8. The molecule has 0 fully saturated rings. The molecule has 0 saturated carbocycles. The molecule has 0 bridgehead atoms. The summed E-state index contributed by atoms with van der Waals surface area (Å²) in [6.07, 6.45) is -0.125. The molecule has 1 amide bonds. The van der Waals surface area contributed by atoms with Crippen LogP contribution in [0.1, 0.15) is 17.5 Å². The molecule has 0 unspecified atom stereocenters. The van der Waals surface area contributed by atoms with E-state index in [1.165, 1.54) is 6.07 Å². The van der Waals surface area contributed by atoms with Crippen LogP contribution in [0.15, 0.2) is 59.6 Å². The Hall–Kier alpha value is -4.27. The Balaban J connectivity index is 2.39. The topological polar surface area (TPSA) is 131 Å². The number of rotatable bonds is 9. The maximum atomic E-state index is 15.8. The normalized spacial score (nSPS) is 10.5. The lowest BCUT2D eigenvalue weighted by Crippen LogP contribution is -2.21. The minimum absolute atomic E-state index is 0.0202. The largest absolute Gasteiger partial charge is 0.481 e. The van der Waals surface area contributed by atoms with Crippen molar-refractivity contribution in [3.63, 3.8) is 0 Å². The van der Waals surface area contributed by atoms with Gasteiger partial charge in [-0.25, -0.2) is 13.8 Å². The average Bonchev–Trinajstić information content (AvgIpc) is 2.77. The Kier molecular flexibility index (Phi) is 7.34. The van der Waals surface area contributed by atoms with Crippen LogP contribution >= 0.6 is 0 Å². The molecule has 0 saturated heterocycles. The van der Waals surface area contributed by atoms with Gasteiger partial charge < -0.3 is 21.9 Å². The molecule has 33 heavy (non-hydrogen) atoms. The van der Waals surface area contributed by atoms with Crippen molar-refractivity contribution in [2.75, 3.05) is 0 Å². The standard InChI is InChI=1S/C24H22F2N4O3/c25-22-18(12-29-13-31)23(26)21(15-7-4-8-16(11-15)30-24(27)28)17(9-10-19(32)33)20(22)14-5-2-1-3-6-14/h1-8,11,13H,9-10,12H2,(H,29,31)(H,32,33)(H4,27,28,30). The van der Waals surface area contributed by atoms with Gasteiger partial charge in [0.25, 0.3) is 0 Å². The minimum Gasteiger partial charge on any atom is -0.481 e. The molecule has 9 heteroatoms. The lowest BCUT2D eigenvalue weighted by atomic mass is 9.86. The second kappa shape index (κ2) is 10.4. The van der Waals surface area contributed by atoms with E-state index in [1.807, 2.05) is 0 Å². The summed E-state index contributed by atoms with van der Waals surface area (Å²) in [5.41, 5.74) is 12.0. The fraction of sp³-hybridized carbons (Fsp3) is 0.125. The summed E-state index contributed by atoms with van der Waals surface area (Å²) in [6.45, 7) is -0.388. The zero-order chi connectivity index (χ0) is 24.0. The highest BCUT2D eigenvalue weighted by Gasteiger charge is 2.26. The Morgan fingerprint density at radius 2 is 1.61 bits per heavy atom. The number of hydrogen-bond donors (Lipinski definition) is 4. The van der Waals surface area contributed by atoms with Crippen molar-refractivity contribution in [3.05, 3.63) is 77.4 Å². The van der Waals surface area contributed by atoms with Gasteiger partial charge in [0.05, 0.1) is 5.69 Å². The quantitative estimate of drug-likeness (QED) is 0.224. The summed E-state index contributed by atoms with van der Waals surface area (Å²) in [6, 6.07) is 14.8. The monoisotopic (exact) mass is 452 g/mol. The number of hydrogen-bond acceptors (Lipinski definition) is 3. The van der Waals surface area contributed by atoms with E-state index >= 15 is 8.78 Å². The third kappa shape index (κ3) is 5.32. The molecule has 0 aromatic heterocycles. The first-order valence-corrected chi connectivity index (χ1v) is 10.0. The van der Waals surface area contributed by atoms with Crippen molar-refractivity contribution in [1.29, 1.82) is 0 Å². The number of nitrogens with one attached hydrogen (secondary N) is 1. The van der Waals surface area contributed by atoms with E-state index in [-0.39, 0.29) is 47.6 Å². The fourth-order valence-corrected chi connectivity index (χ4v) is 3.66. The molecule has 0 radical (unpaired) electrons. The van der Waals surface area contributed by atoms with Crippen molar-refractivity contribution in [2.45, 2.75) is 19.4 Å². The lowest BCUT2D eigenvalue weighted by Gasteiger charge is -2.21. The van der Waals surface area contributed by atoms with E-state index in [2.05, 4.69) is 10.3 Å². The van der Waals surface area contributed by atoms with Crippen molar-refractivity contribution >= 4 is 24.0 Å². The van der Waals surface area contributed by atoms with Gasteiger partial charge in [-0.05, 0) is 35.2 Å². The number of nitrogens with two attached hydrogens (primary N) is 2. The summed E-state index contributed by atoms with van der Waals surface area (Å²) < 4.78 is 31.5. The highest BCUT2D eigenvalue weighted by atomic mass is 19.1. The number of halogens is 2. The number of guanidine groups is 1. The summed E-state index contributed by atoms with van der Waals surface area (Å²) in [5.74, 6) is -3.07. The number of carbonyl (C=O) groups is 2. The number of aliphatic imine (C=N–C) groups is 1. The maximum Gasteiger partial charge on any atom is 0.303 e. The third-order valence-electron chi connectivity index (χ3n) is 4.98. The molecule has 7 nitrogen and oxygen atoms in total. The average molecular weight is 452 g/mol. The summed E-state index contributed by atoms with van der Waals surface area (Å²) in [5, 5.41) is 11.6. The summed E-state index contributed by atoms with van der Waals surface area (Å²) in [4.78, 5) is 26.2. The Bertz CT molecular complexity index is 1210. The number of aliphatic carboxylic acids is 1. The van der Waals surface area contributed by atoms with Crippen molar-refractivity contribution in [2.24, 2.45) is 16.5 Å². The van der Waals surface area contributed by atoms with Crippen LogP contribution < -0.4 is 16.8 Å². The van der Waals surface area contributed by atoms with Gasteiger partial charge in [0.1, 0.15) is 11.6 Å². The van der Waals surface area contributed by atoms with E-state index < -0.39 is 17.6 Å². The van der Waals surface area contributed by atoms with Gasteiger partial charge in [0.2, 0.25) is 6.41 Å². The minimum atomic E-state index is -1.11. The number of carboxylic acid groups (broad SMARTS) is 1. The van der Waals surface area contributed by atoms with E-state index in [9.17, 15) is 14.7 Å². The summed E-state index contributed by atoms with van der Waals surface area (Å²) >= 11 is 0. The fourth-order valence-electron chi connectivity index (χ4n) is 3.66. The molecule has 3 aromatic carbocycles. The van der Waals surface area contributed by atoms with E-state index in [0.29, 0.717) is 23.2 Å². The first-order valence-electron chi connectivity index (χ1n) is 10.0. The van der Waals surface area contributed by atoms with E-state index in [1.54, 1.807) is 48.5 Å². The molecule has 6 N–H and O–H groups in total. The van der Waals surface area contributed by atoms with Crippen LogP contribution in [-0.2, 0) is 22.6 Å². The zero-order valence-electron chi connectivity index (χ0n) is 17.5. The van der Waals surface area contributed by atoms with Crippen molar-refractivity contribution < 1.29 is 23.5 Å². The predicted molar refractivity (Wildman–Crippen MR) is 122 cm³/mol. The van der Waals surface area contributed by atoms with Crippen LogP contribution in [0.25, 0.3) is 22.3 Å². The van der Waals surface area contributed by atoms with Gasteiger partial charge in [-0.1, -0.05) is 42.5 Å². The molecular weight excluding hydrogens is 430 g/mol. The Morgan fingerprint density at radius 1 is 0.970 bits per heavy atom. The van der Waals surface area contributed by atoms with Crippen LogP contribution in [0.5, 0.6) is 0 Å². The van der Waals surface area contributed by atoms with Crippen LogP contribution in [0.3, 0.4) is 0 Å². The number of amides is 1. The van der Waals surface area contributed by atoms with Gasteiger partial charge >= 0.3 is 5.97 Å². The van der Waals surface area contributed by atoms with E-state index in [0.717, 1.165) is 0 Å². The second-order valence-electron chi connectivity index (χ2n) is 7.18. The third-order valence-corrected chi connectivity index (χ3v) is 4.98. The maximum absolute atomic E-state index is 15.8. The van der Waals surface area contributed by atoms with Crippen molar-refractivity contribution in [1.82, 2.24) is 5.32 Å². The van der Waals surface area contributed by atoms with Crippen LogP contribution in [0.2, 0.25) is 0 Å². The SMILES string of the molecule is NC(N)=Nc1cccc(-c2c(F)c(CNC=O)c(F)c(-c3ccccc3)c2CCC(=O)O)c1. The van der Waals surface area contributed by atoms with Crippen LogP contribution in [0.4, 0.5) is 14.5 Å². The number of nitrogens with zero attached hydrogens (tertiary/aromatic N) is 1. The molecular formula is C24H22F2N4O3. The van der Waals surface area contributed by atoms with Gasteiger partial charge in [-0.3, -0.25) is 9.59 Å². The number of benzene rings is 3. The smallest absolute Gasteiger partial charge is 0.303 e. The highest BCUT2D eigenvalue weighted by Crippen LogP contribution is 2.40. The van der Waals surface area contributed by atoms with Gasteiger partial charge in [-0.2, -0.15) is 0 Å². The molecule has 0 aliphatic rings. The Labute approximate surface area is 188 Å². The molecule has 3 aromatic rings. The molecule has 0 aliphatic carbocycles. The molecule has 0 spiro atoms. The highest BCUT2D eigenvalue weighted by molar-refractivity contribution is 5.84. The molecule has 0 heterocycles. The second-order valence-corrected chi connectivity index (χ2v) is 7.18. The van der Waals surface area contributed by atoms with Crippen LogP contribution in [-0.4, -0.2) is 23.4 Å². The lowest BCUT2D eigenvalue weighted by molar-refractivity contribution is -0.137. The first kappa shape index (κ1) is 23.4. The van der Waals surface area contributed by atoms with E-state index in [4.69, 9.17) is 11.5 Å². The Morgan fingerprint density at radius 3 is 2.21 bits per heavy atom. The number of carbonyl (C=O) groups excluding carboxylic acids is 1. The van der Waals surface area contributed by atoms with Crippen LogP contribution in [0, 0.1) is 11.6 Å². The molecule has 0 atom stereocenters. The predicted octanol–water partition coefficient (Wildman–Crippen LogP) is 3.47. The van der Waals surface area contributed by atoms with Gasteiger partial charge in [-0.15, -0.1) is 0 Å².